The number of allylic oxidation sites excluding steroid dienone is 1. The van der Waals surface area contributed by atoms with Gasteiger partial charge in [0.05, 0.1) is 17.8 Å². The maximum absolute atomic E-state index is 12.5. The third-order valence-electron chi connectivity index (χ3n) is 3.24. The van der Waals surface area contributed by atoms with Gasteiger partial charge in [-0.3, -0.25) is 9.48 Å². The first kappa shape index (κ1) is 14.2. The molecule has 0 radical (unpaired) electrons. The molecule has 1 aliphatic carbocycles. The molecule has 0 fully saturated rings. The number of ketones is 1. The molecule has 1 aromatic heterocycles. The van der Waals surface area contributed by atoms with Crippen molar-refractivity contribution in [2.24, 2.45) is 11.7 Å². The summed E-state index contributed by atoms with van der Waals surface area (Å²) >= 11 is 6.10. The van der Waals surface area contributed by atoms with E-state index in [1.165, 1.54) is 6.20 Å². The van der Waals surface area contributed by atoms with Crippen molar-refractivity contribution in [3.63, 3.8) is 0 Å². The van der Waals surface area contributed by atoms with Crippen LogP contribution in [0.15, 0.2) is 18.3 Å². The minimum absolute atomic E-state index is 0.00505. The first-order valence-electron chi connectivity index (χ1n) is 6.33. The van der Waals surface area contributed by atoms with E-state index in [-0.39, 0.29) is 17.7 Å². The number of hydrogen-bond donors (Lipinski definition) is 1. The predicted molar refractivity (Wildman–Crippen MR) is 75.3 cm³/mol. The number of nitrogens with two attached hydrogens (primary N) is 1. The van der Waals surface area contributed by atoms with E-state index in [1.54, 1.807) is 4.68 Å². The van der Waals surface area contributed by atoms with Gasteiger partial charge in [-0.05, 0) is 20.5 Å². The number of Topliss-reactive ketones (excluding diaryl/α,β-unsaturated/α-hetero) is 1. The molecule has 104 valence electrons. The van der Waals surface area contributed by atoms with Gasteiger partial charge in [-0.1, -0.05) is 23.8 Å². The highest BCUT2D eigenvalue weighted by atomic mass is 35.5. The van der Waals surface area contributed by atoms with E-state index in [0.29, 0.717) is 23.7 Å². The summed E-state index contributed by atoms with van der Waals surface area (Å²) in [6.07, 6.45) is 5.92. The van der Waals surface area contributed by atoms with E-state index in [4.69, 9.17) is 17.3 Å². The lowest BCUT2D eigenvalue weighted by Gasteiger charge is -2.13. The molecule has 0 aromatic carbocycles. The van der Waals surface area contributed by atoms with Crippen LogP contribution < -0.4 is 5.73 Å². The number of hydrogen-bond acceptors (Lipinski definition) is 4. The molecule has 0 bridgehead atoms. The molecule has 0 amide bonds. The lowest BCUT2D eigenvalue weighted by atomic mass is 10.00. The van der Waals surface area contributed by atoms with Crippen LogP contribution in [0, 0.1) is 5.92 Å². The zero-order chi connectivity index (χ0) is 14.0. The normalized spacial score (nSPS) is 22.4. The molecule has 0 saturated carbocycles. The summed E-state index contributed by atoms with van der Waals surface area (Å²) in [5, 5.41) is 4.60. The van der Waals surface area contributed by atoms with Crippen LogP contribution >= 0.6 is 11.6 Å². The van der Waals surface area contributed by atoms with Crippen molar-refractivity contribution >= 4 is 17.4 Å². The summed E-state index contributed by atoms with van der Waals surface area (Å²) in [6, 6.07) is -0.0362. The Labute approximate surface area is 118 Å². The van der Waals surface area contributed by atoms with Crippen molar-refractivity contribution < 1.29 is 4.79 Å². The van der Waals surface area contributed by atoms with Crippen molar-refractivity contribution in [1.29, 1.82) is 0 Å². The highest BCUT2D eigenvalue weighted by Gasteiger charge is 2.28. The minimum atomic E-state index is -0.178. The first-order chi connectivity index (χ1) is 8.99. The molecule has 1 aliphatic rings. The zero-order valence-electron chi connectivity index (χ0n) is 11.2. The van der Waals surface area contributed by atoms with E-state index >= 15 is 0 Å². The van der Waals surface area contributed by atoms with Gasteiger partial charge in [-0.2, -0.15) is 5.10 Å². The Balaban J connectivity index is 2.16. The lowest BCUT2D eigenvalue weighted by molar-refractivity contribution is 0.0931. The van der Waals surface area contributed by atoms with E-state index in [1.807, 2.05) is 31.1 Å². The fourth-order valence-electron chi connectivity index (χ4n) is 2.17. The maximum atomic E-state index is 12.5. The Morgan fingerprint density at radius 2 is 2.32 bits per heavy atom. The molecule has 2 atom stereocenters. The fourth-order valence-corrected chi connectivity index (χ4v) is 2.40. The third kappa shape index (κ3) is 3.23. The summed E-state index contributed by atoms with van der Waals surface area (Å²) in [7, 11) is 3.96. The Hall–Kier alpha value is -1.17. The number of rotatable bonds is 5. The van der Waals surface area contributed by atoms with Crippen LogP contribution in [-0.2, 0) is 6.54 Å². The average Bonchev–Trinajstić information content (AvgIpc) is 2.92. The summed E-state index contributed by atoms with van der Waals surface area (Å²) in [5.74, 6) is -0.173. The highest BCUT2D eigenvalue weighted by Crippen LogP contribution is 2.25. The van der Waals surface area contributed by atoms with Crippen molar-refractivity contribution in [2.45, 2.75) is 19.0 Å². The quantitative estimate of drug-likeness (QED) is 0.651. The van der Waals surface area contributed by atoms with Crippen LogP contribution in [0.3, 0.4) is 0 Å². The molecule has 6 heteroatoms. The van der Waals surface area contributed by atoms with Gasteiger partial charge in [0.15, 0.2) is 5.78 Å². The molecule has 0 saturated heterocycles. The second kappa shape index (κ2) is 5.86. The van der Waals surface area contributed by atoms with E-state index in [9.17, 15) is 4.79 Å². The summed E-state index contributed by atoms with van der Waals surface area (Å²) in [4.78, 5) is 14.5. The topological polar surface area (TPSA) is 64.2 Å². The van der Waals surface area contributed by atoms with E-state index < -0.39 is 0 Å². The van der Waals surface area contributed by atoms with Crippen molar-refractivity contribution in [3.8, 4) is 0 Å². The van der Waals surface area contributed by atoms with E-state index in [0.717, 1.165) is 6.54 Å². The number of carbonyl (C=O) groups excluding carboxylic acids is 1. The maximum Gasteiger partial charge on any atom is 0.189 e. The number of carbonyl (C=O) groups is 1. The number of nitrogens with zero attached hydrogens (tertiary/aromatic N) is 3. The molecular formula is C13H19ClN4O. The molecule has 1 aromatic rings. The third-order valence-corrected chi connectivity index (χ3v) is 3.52. The van der Waals surface area contributed by atoms with Crippen LogP contribution in [-0.4, -0.2) is 47.1 Å². The summed E-state index contributed by atoms with van der Waals surface area (Å²) in [5.41, 5.74) is 6.28. The summed E-state index contributed by atoms with van der Waals surface area (Å²) in [6.45, 7) is 1.45. The number of likely N-dealkylation sites (N-methyl/N-ethyl adjacent to an activating group) is 1. The smallest absolute Gasteiger partial charge is 0.189 e. The molecule has 2 N–H and O–H groups in total. The van der Waals surface area contributed by atoms with Gasteiger partial charge in [0.25, 0.3) is 0 Å². The van der Waals surface area contributed by atoms with Crippen molar-refractivity contribution in [1.82, 2.24) is 14.7 Å². The Morgan fingerprint density at radius 3 is 2.89 bits per heavy atom. The van der Waals surface area contributed by atoms with Crippen molar-refractivity contribution in [3.05, 3.63) is 29.1 Å². The van der Waals surface area contributed by atoms with Crippen LogP contribution in [0.5, 0.6) is 0 Å². The largest absolute Gasteiger partial charge is 0.324 e. The molecule has 5 nitrogen and oxygen atoms in total. The van der Waals surface area contributed by atoms with Gasteiger partial charge in [-0.15, -0.1) is 0 Å². The monoisotopic (exact) mass is 282 g/mol. The predicted octanol–water partition coefficient (Wildman–Crippen LogP) is 1.18. The molecule has 0 aliphatic heterocycles. The second-order valence-corrected chi connectivity index (χ2v) is 5.53. The highest BCUT2D eigenvalue weighted by molar-refractivity contribution is 6.33. The summed E-state index contributed by atoms with van der Waals surface area (Å²) < 4.78 is 1.68. The second-order valence-electron chi connectivity index (χ2n) is 5.12. The molecule has 1 heterocycles. The SMILES string of the molecule is CN(C)CCn1ncc(Cl)c1C(=O)C1C=CC(N)C1. The van der Waals surface area contributed by atoms with Gasteiger partial charge >= 0.3 is 0 Å². The number of halogens is 1. The molecular weight excluding hydrogens is 264 g/mol. The van der Waals surface area contributed by atoms with Crippen molar-refractivity contribution in [2.75, 3.05) is 20.6 Å². The molecule has 19 heavy (non-hydrogen) atoms. The Bertz CT molecular complexity index is 495. The molecule has 2 rings (SSSR count). The van der Waals surface area contributed by atoms with Crippen LogP contribution in [0.25, 0.3) is 0 Å². The van der Waals surface area contributed by atoms with Gasteiger partial charge in [0.2, 0.25) is 0 Å². The zero-order valence-corrected chi connectivity index (χ0v) is 12.0. The Kier molecular flexibility index (Phi) is 4.39. The Morgan fingerprint density at radius 1 is 1.58 bits per heavy atom. The first-order valence-corrected chi connectivity index (χ1v) is 6.71. The van der Waals surface area contributed by atoms with Gasteiger partial charge in [0.1, 0.15) is 5.69 Å². The van der Waals surface area contributed by atoms with Gasteiger partial charge < -0.3 is 10.6 Å². The van der Waals surface area contributed by atoms with Crippen LogP contribution in [0.1, 0.15) is 16.9 Å². The van der Waals surface area contributed by atoms with Crippen LogP contribution in [0.4, 0.5) is 0 Å². The minimum Gasteiger partial charge on any atom is -0.324 e. The standard InChI is InChI=1S/C13H19ClN4O/c1-17(2)5-6-18-12(11(14)8-16-18)13(19)9-3-4-10(15)7-9/h3-4,8-10H,5-7,15H2,1-2H3. The fraction of sp³-hybridized carbons (Fsp3) is 0.538. The number of aromatic nitrogens is 2. The molecule has 2 unspecified atom stereocenters. The van der Waals surface area contributed by atoms with Gasteiger partial charge in [0, 0.05) is 18.5 Å². The average molecular weight is 283 g/mol. The van der Waals surface area contributed by atoms with Crippen LogP contribution in [0.2, 0.25) is 5.02 Å². The van der Waals surface area contributed by atoms with E-state index in [2.05, 4.69) is 5.10 Å². The van der Waals surface area contributed by atoms with Gasteiger partial charge in [-0.25, -0.2) is 0 Å². The lowest BCUT2D eigenvalue weighted by Crippen LogP contribution is -2.24. The molecule has 0 spiro atoms.